The van der Waals surface area contributed by atoms with Gasteiger partial charge in [-0.2, -0.15) is 13.2 Å². The molecule has 1 aromatic carbocycles. The van der Waals surface area contributed by atoms with E-state index in [1.54, 1.807) is 6.92 Å². The van der Waals surface area contributed by atoms with Crippen molar-refractivity contribution < 1.29 is 22.7 Å². The van der Waals surface area contributed by atoms with E-state index < -0.39 is 11.7 Å². The van der Waals surface area contributed by atoms with E-state index >= 15 is 0 Å². The van der Waals surface area contributed by atoms with E-state index in [4.69, 9.17) is 16.3 Å². The second kappa shape index (κ2) is 8.72. The highest BCUT2D eigenvalue weighted by molar-refractivity contribution is 6.32. The van der Waals surface area contributed by atoms with E-state index in [9.17, 15) is 18.0 Å². The summed E-state index contributed by atoms with van der Waals surface area (Å²) >= 11 is 6.09. The fourth-order valence-corrected chi connectivity index (χ4v) is 3.03. The lowest BCUT2D eigenvalue weighted by molar-refractivity contribution is -0.143. The second-order valence-corrected chi connectivity index (χ2v) is 6.29. The van der Waals surface area contributed by atoms with Gasteiger partial charge in [0.1, 0.15) is 0 Å². The number of nitrogens with zero attached hydrogens (tertiary/aromatic N) is 1. The van der Waals surface area contributed by atoms with Crippen LogP contribution in [0.15, 0.2) is 24.3 Å². The summed E-state index contributed by atoms with van der Waals surface area (Å²) in [6.07, 6.45) is -0.768. The number of alkyl halides is 3. The van der Waals surface area contributed by atoms with Gasteiger partial charge in [-0.1, -0.05) is 17.7 Å². The van der Waals surface area contributed by atoms with Gasteiger partial charge in [-0.25, -0.2) is 0 Å². The van der Waals surface area contributed by atoms with Crippen molar-refractivity contribution in [3.8, 4) is 0 Å². The van der Waals surface area contributed by atoms with Crippen molar-refractivity contribution in [1.82, 2.24) is 4.90 Å². The Kier molecular flexibility index (Phi) is 6.90. The van der Waals surface area contributed by atoms with E-state index in [2.05, 4.69) is 4.90 Å². The van der Waals surface area contributed by atoms with Gasteiger partial charge < -0.3 is 4.74 Å². The maximum atomic E-state index is 12.9. The Morgan fingerprint density at radius 2 is 2.12 bits per heavy atom. The van der Waals surface area contributed by atoms with Gasteiger partial charge in [0.25, 0.3) is 0 Å². The molecule has 0 bridgehead atoms. The molecule has 1 aromatic rings. The topological polar surface area (TPSA) is 29.5 Å². The van der Waals surface area contributed by atoms with Crippen LogP contribution in [-0.2, 0) is 15.7 Å². The number of carbonyl (C=O) groups is 1. The molecule has 1 aliphatic rings. The smallest absolute Gasteiger partial charge is 0.416 e. The summed E-state index contributed by atoms with van der Waals surface area (Å²) in [7, 11) is 0. The van der Waals surface area contributed by atoms with Gasteiger partial charge in [0.05, 0.1) is 12.2 Å². The van der Waals surface area contributed by atoms with Crippen LogP contribution in [-0.4, -0.2) is 37.1 Å². The normalized spacial score (nSPS) is 15.8. The number of halogens is 4. The molecule has 0 spiro atoms. The lowest BCUT2D eigenvalue weighted by Crippen LogP contribution is -2.30. The third kappa shape index (κ3) is 5.75. The highest BCUT2D eigenvalue weighted by Crippen LogP contribution is 2.35. The number of ether oxygens (including phenoxy) is 1. The zero-order chi connectivity index (χ0) is 18.4. The van der Waals surface area contributed by atoms with E-state index in [1.165, 1.54) is 6.07 Å². The quantitative estimate of drug-likeness (QED) is 0.669. The molecule has 25 heavy (non-hydrogen) atoms. The Morgan fingerprint density at radius 1 is 1.36 bits per heavy atom. The Balaban J connectivity index is 1.96. The van der Waals surface area contributed by atoms with Crippen molar-refractivity contribution >= 4 is 23.1 Å². The van der Waals surface area contributed by atoms with Gasteiger partial charge >= 0.3 is 12.1 Å². The lowest BCUT2D eigenvalue weighted by Gasteiger charge is -2.27. The molecule has 2 rings (SSSR count). The van der Waals surface area contributed by atoms with Crippen molar-refractivity contribution in [3.05, 3.63) is 40.4 Å². The molecular formula is C18H21ClF3NO2. The minimum absolute atomic E-state index is 0.202. The third-order valence-corrected chi connectivity index (χ3v) is 4.42. The summed E-state index contributed by atoms with van der Waals surface area (Å²) in [6, 6.07) is 3.41. The van der Waals surface area contributed by atoms with Crippen LogP contribution in [0.3, 0.4) is 0 Å². The predicted octanol–water partition coefficient (Wildman–Crippen LogP) is 4.79. The fourth-order valence-electron chi connectivity index (χ4n) is 2.79. The maximum Gasteiger partial charge on any atom is 0.416 e. The van der Waals surface area contributed by atoms with E-state index in [-0.39, 0.29) is 5.97 Å². The van der Waals surface area contributed by atoms with Gasteiger partial charge in [-0.15, -0.1) is 0 Å². The molecule has 0 N–H and O–H groups in total. The Labute approximate surface area is 150 Å². The first-order valence-electron chi connectivity index (χ1n) is 8.25. The Hall–Kier alpha value is -1.53. The van der Waals surface area contributed by atoms with Crippen LogP contribution in [0.1, 0.15) is 37.3 Å². The van der Waals surface area contributed by atoms with Gasteiger partial charge in [-0.05, 0) is 55.6 Å². The molecule has 0 atom stereocenters. The fraction of sp³-hybridized carbons (Fsp3) is 0.500. The average molecular weight is 376 g/mol. The van der Waals surface area contributed by atoms with Crippen LogP contribution in [0.25, 0.3) is 5.57 Å². The molecular weight excluding hydrogens is 355 g/mol. The van der Waals surface area contributed by atoms with E-state index in [0.29, 0.717) is 43.0 Å². The molecule has 0 aromatic heterocycles. The van der Waals surface area contributed by atoms with Gasteiger partial charge in [0, 0.05) is 24.5 Å². The number of rotatable bonds is 6. The number of hydrogen-bond acceptors (Lipinski definition) is 3. The summed E-state index contributed by atoms with van der Waals surface area (Å²) in [5.74, 6) is -0.202. The molecule has 0 radical (unpaired) electrons. The third-order valence-electron chi connectivity index (χ3n) is 4.09. The first kappa shape index (κ1) is 19.8. The predicted molar refractivity (Wildman–Crippen MR) is 91.4 cm³/mol. The van der Waals surface area contributed by atoms with Crippen molar-refractivity contribution in [2.45, 2.75) is 32.4 Å². The molecule has 0 aliphatic carbocycles. The zero-order valence-corrected chi connectivity index (χ0v) is 14.8. The molecule has 0 saturated heterocycles. The molecule has 7 heteroatoms. The van der Waals surface area contributed by atoms with Crippen LogP contribution >= 0.6 is 11.6 Å². The molecule has 0 fully saturated rings. The summed E-state index contributed by atoms with van der Waals surface area (Å²) in [5, 5.41) is 0.329. The standard InChI is InChI=1S/C18H21ClF3NO2/c1-2-25-17(24)4-3-9-23-10-7-13(8-11-23)15-12-14(18(20,21)22)5-6-16(15)19/h5-7,12H,2-4,8-11H2,1H3. The van der Waals surface area contributed by atoms with Crippen LogP contribution in [0.5, 0.6) is 0 Å². The Bertz CT molecular complexity index is 644. The summed E-state index contributed by atoms with van der Waals surface area (Å²) in [6.45, 7) is 4.26. The second-order valence-electron chi connectivity index (χ2n) is 5.88. The lowest BCUT2D eigenvalue weighted by atomic mass is 9.97. The molecule has 0 saturated carbocycles. The van der Waals surface area contributed by atoms with Gasteiger partial charge in [0.15, 0.2) is 0 Å². The van der Waals surface area contributed by atoms with E-state index in [0.717, 1.165) is 30.8 Å². The van der Waals surface area contributed by atoms with Crippen LogP contribution in [0.2, 0.25) is 5.02 Å². The maximum absolute atomic E-state index is 12.9. The highest BCUT2D eigenvalue weighted by atomic mass is 35.5. The first-order chi connectivity index (χ1) is 11.8. The number of carbonyl (C=O) groups excluding carboxylic acids is 1. The van der Waals surface area contributed by atoms with Gasteiger partial charge in [-0.3, -0.25) is 9.69 Å². The van der Waals surface area contributed by atoms with Crippen LogP contribution in [0.4, 0.5) is 13.2 Å². The minimum atomic E-state index is -4.38. The largest absolute Gasteiger partial charge is 0.466 e. The molecule has 3 nitrogen and oxygen atoms in total. The number of benzene rings is 1. The molecule has 138 valence electrons. The van der Waals surface area contributed by atoms with Crippen molar-refractivity contribution in [1.29, 1.82) is 0 Å². The van der Waals surface area contributed by atoms with Gasteiger partial charge in [0.2, 0.25) is 0 Å². The van der Waals surface area contributed by atoms with Crippen molar-refractivity contribution in [3.63, 3.8) is 0 Å². The molecule has 0 amide bonds. The number of hydrogen-bond donors (Lipinski definition) is 0. The van der Waals surface area contributed by atoms with Crippen LogP contribution in [0, 0.1) is 0 Å². The zero-order valence-electron chi connectivity index (χ0n) is 14.0. The molecule has 1 aliphatic heterocycles. The highest BCUT2D eigenvalue weighted by Gasteiger charge is 2.31. The van der Waals surface area contributed by atoms with Crippen LogP contribution < -0.4 is 0 Å². The minimum Gasteiger partial charge on any atom is -0.466 e. The molecule has 0 unspecified atom stereocenters. The summed E-state index contributed by atoms with van der Waals surface area (Å²) in [4.78, 5) is 13.5. The van der Waals surface area contributed by atoms with Crippen molar-refractivity contribution in [2.24, 2.45) is 0 Å². The van der Waals surface area contributed by atoms with Crippen molar-refractivity contribution in [2.75, 3.05) is 26.2 Å². The monoisotopic (exact) mass is 375 g/mol. The first-order valence-corrected chi connectivity index (χ1v) is 8.63. The number of esters is 1. The average Bonchev–Trinajstić information content (AvgIpc) is 2.55. The SMILES string of the molecule is CCOC(=O)CCCN1CC=C(c2cc(C(F)(F)F)ccc2Cl)CC1. The molecule has 1 heterocycles. The Morgan fingerprint density at radius 3 is 2.72 bits per heavy atom. The summed E-state index contributed by atoms with van der Waals surface area (Å²) < 4.78 is 43.5. The summed E-state index contributed by atoms with van der Waals surface area (Å²) in [5.41, 5.74) is 0.588. The van der Waals surface area contributed by atoms with E-state index in [1.807, 2.05) is 6.08 Å².